The maximum atomic E-state index is 5.68. The standard InChI is InChI=1S/C5H11N.3C4H10N.Ta/c1-4-5(2,3)6;3*1-3-5-4-2;/h4H2,1-3H3;3*3-4H2,1-2H3;/q;3*-1;+3. The van der Waals surface area contributed by atoms with E-state index in [0.717, 1.165) is 45.7 Å². The summed E-state index contributed by atoms with van der Waals surface area (Å²) in [5.74, 6) is 0. The Hall–Kier alpha value is 0.420. The molecule has 0 atom stereocenters. The molecule has 0 fully saturated rings. The monoisotopic (exact) mass is 482 g/mol. The second-order valence-corrected chi connectivity index (χ2v) is 16.9. The molecule has 0 heterocycles. The van der Waals surface area contributed by atoms with Crippen LogP contribution in [0.5, 0.6) is 0 Å². The predicted molar refractivity (Wildman–Crippen MR) is 95.6 cm³/mol. The zero-order valence-corrected chi connectivity index (χ0v) is 19.9. The van der Waals surface area contributed by atoms with Crippen LogP contribution in [0.25, 0.3) is 0 Å². The van der Waals surface area contributed by atoms with Crippen molar-refractivity contribution in [1.82, 2.24) is 9.91 Å². The van der Waals surface area contributed by atoms with Gasteiger partial charge in [0, 0.05) is 0 Å². The van der Waals surface area contributed by atoms with Gasteiger partial charge in [0.25, 0.3) is 0 Å². The molecule has 0 aromatic rings. The van der Waals surface area contributed by atoms with Gasteiger partial charge in [0.1, 0.15) is 0 Å². The molecule has 0 saturated heterocycles. The van der Waals surface area contributed by atoms with Gasteiger partial charge in [0.05, 0.1) is 0 Å². The Kier molecular flexibility index (Phi) is 10.5. The molecule has 0 spiro atoms. The zero-order chi connectivity index (χ0) is 17.4. The van der Waals surface area contributed by atoms with E-state index in [1.807, 2.05) is 0 Å². The molecule has 0 unspecified atom stereocenters. The van der Waals surface area contributed by atoms with Crippen molar-refractivity contribution < 1.29 is 17.7 Å². The van der Waals surface area contributed by atoms with Crippen LogP contribution in [0.3, 0.4) is 0 Å². The molecule has 0 rings (SSSR count). The Morgan fingerprint density at radius 1 is 0.636 bits per heavy atom. The van der Waals surface area contributed by atoms with E-state index in [1.165, 1.54) is 0 Å². The van der Waals surface area contributed by atoms with E-state index in [4.69, 9.17) is 3.34 Å². The van der Waals surface area contributed by atoms with E-state index in [9.17, 15) is 0 Å². The van der Waals surface area contributed by atoms with Crippen LogP contribution in [0.15, 0.2) is 3.34 Å². The van der Waals surface area contributed by atoms with Gasteiger partial charge in [-0.1, -0.05) is 0 Å². The van der Waals surface area contributed by atoms with Gasteiger partial charge in [-0.3, -0.25) is 0 Å². The molecule has 0 N–H and O–H groups in total. The molecule has 134 valence electrons. The van der Waals surface area contributed by atoms with Gasteiger partial charge < -0.3 is 0 Å². The van der Waals surface area contributed by atoms with Crippen molar-refractivity contribution in [1.29, 1.82) is 0 Å². The Balaban J connectivity index is 6.50. The maximum absolute atomic E-state index is 5.68. The van der Waals surface area contributed by atoms with Crippen LogP contribution in [0, 0.1) is 0 Å². The summed E-state index contributed by atoms with van der Waals surface area (Å²) in [7, 11) is 0. The van der Waals surface area contributed by atoms with Crippen LogP contribution in [0.2, 0.25) is 0 Å². The average Bonchev–Trinajstić information content (AvgIpc) is 2.50. The third-order valence-corrected chi connectivity index (χ3v) is 21.8. The van der Waals surface area contributed by atoms with Crippen molar-refractivity contribution in [2.45, 2.75) is 74.3 Å². The van der Waals surface area contributed by atoms with Crippen molar-refractivity contribution >= 4 is 0 Å². The van der Waals surface area contributed by atoms with Crippen molar-refractivity contribution in [3.63, 3.8) is 0 Å². The molecule has 0 bridgehead atoms. The van der Waals surface area contributed by atoms with E-state index in [0.29, 0.717) is 0 Å². The quantitative estimate of drug-likeness (QED) is 0.439. The fraction of sp³-hybridized carbons (Fsp3) is 1.00. The van der Waals surface area contributed by atoms with E-state index >= 15 is 0 Å². The van der Waals surface area contributed by atoms with Crippen molar-refractivity contribution in [2.75, 3.05) is 39.3 Å². The van der Waals surface area contributed by atoms with Crippen LogP contribution in [0.1, 0.15) is 68.7 Å². The van der Waals surface area contributed by atoms with Gasteiger partial charge >= 0.3 is 145 Å². The molecule has 0 aliphatic rings. The summed E-state index contributed by atoms with van der Waals surface area (Å²) >= 11 is -3.25. The van der Waals surface area contributed by atoms with Gasteiger partial charge in [-0.2, -0.15) is 0 Å². The van der Waals surface area contributed by atoms with Gasteiger partial charge in [-0.25, -0.2) is 0 Å². The number of nitrogens with zero attached hydrogens (tertiary/aromatic N) is 4. The first-order valence-corrected chi connectivity index (χ1v) is 15.0. The Labute approximate surface area is 144 Å². The number of hydrogen-bond acceptors (Lipinski definition) is 1. The first-order chi connectivity index (χ1) is 10.3. The fourth-order valence-electron chi connectivity index (χ4n) is 2.97. The molecule has 5 heteroatoms. The summed E-state index contributed by atoms with van der Waals surface area (Å²) in [4.78, 5) is 0. The van der Waals surface area contributed by atoms with Crippen LogP contribution in [0.4, 0.5) is 0 Å². The van der Waals surface area contributed by atoms with Crippen LogP contribution < -0.4 is 0 Å². The molecule has 0 aromatic heterocycles. The molecule has 0 aromatic carbocycles. The van der Waals surface area contributed by atoms with Gasteiger partial charge in [-0.15, -0.1) is 0 Å². The third kappa shape index (κ3) is 4.96. The van der Waals surface area contributed by atoms with Crippen molar-refractivity contribution in [2.24, 2.45) is 3.34 Å². The molecule has 0 aliphatic heterocycles. The second-order valence-electron chi connectivity index (χ2n) is 6.22. The Morgan fingerprint density at radius 2 is 0.909 bits per heavy atom. The Morgan fingerprint density at radius 3 is 1.09 bits per heavy atom. The van der Waals surface area contributed by atoms with E-state index < -0.39 is 17.7 Å². The molecule has 22 heavy (non-hydrogen) atoms. The zero-order valence-electron chi connectivity index (χ0n) is 16.7. The SMILES string of the molecule is CC[N](CC)[Ta](=[N]C(C)(C)CC)([N](CC)CC)[N](CC)CC. The molecular formula is C17H41N4Ta. The minimum atomic E-state index is -3.25. The van der Waals surface area contributed by atoms with Crippen LogP contribution >= 0.6 is 0 Å². The molecular weight excluding hydrogens is 441 g/mol. The summed E-state index contributed by atoms with van der Waals surface area (Å²) in [5, 5.41) is 0. The van der Waals surface area contributed by atoms with Crippen molar-refractivity contribution in [3.8, 4) is 0 Å². The Bertz CT molecular complexity index is 305. The summed E-state index contributed by atoms with van der Waals surface area (Å²) in [5.41, 5.74) is 0.0617. The molecule has 0 radical (unpaired) electrons. The number of rotatable bonds is 11. The molecule has 0 aliphatic carbocycles. The molecule has 0 saturated carbocycles. The topological polar surface area (TPSA) is 22.1 Å². The minimum absolute atomic E-state index is 0.0617. The summed E-state index contributed by atoms with van der Waals surface area (Å²) in [6.07, 6.45) is 1.11. The normalized spacial score (nSPS) is 13.5. The van der Waals surface area contributed by atoms with Crippen LogP contribution in [-0.2, 0) is 17.7 Å². The first kappa shape index (κ1) is 22.4. The van der Waals surface area contributed by atoms with Gasteiger partial charge in [0.2, 0.25) is 0 Å². The summed E-state index contributed by atoms with van der Waals surface area (Å²) in [6.45, 7) is 27.3. The van der Waals surface area contributed by atoms with Crippen LogP contribution in [-0.4, -0.2) is 54.7 Å². The first-order valence-electron chi connectivity index (χ1n) is 9.22. The van der Waals surface area contributed by atoms with Gasteiger partial charge in [0.15, 0.2) is 0 Å². The fourth-order valence-corrected chi connectivity index (χ4v) is 19.5. The van der Waals surface area contributed by atoms with E-state index in [1.54, 1.807) is 0 Å². The predicted octanol–water partition coefficient (Wildman–Crippen LogP) is 4.28. The summed E-state index contributed by atoms with van der Waals surface area (Å²) < 4.78 is 13.9. The van der Waals surface area contributed by atoms with Gasteiger partial charge in [-0.05, 0) is 0 Å². The average molecular weight is 482 g/mol. The third-order valence-electron chi connectivity index (χ3n) is 4.60. The van der Waals surface area contributed by atoms with Crippen molar-refractivity contribution in [3.05, 3.63) is 0 Å². The van der Waals surface area contributed by atoms with E-state index in [2.05, 4.69) is 72.2 Å². The molecule has 4 nitrogen and oxygen atoms in total. The summed E-state index contributed by atoms with van der Waals surface area (Å²) in [6, 6.07) is 0. The molecule has 0 amide bonds. The second kappa shape index (κ2) is 10.3. The van der Waals surface area contributed by atoms with E-state index in [-0.39, 0.29) is 5.54 Å². The number of hydrogen-bond donors (Lipinski definition) is 0.